The van der Waals surface area contributed by atoms with Crippen molar-refractivity contribution in [2.75, 3.05) is 26.3 Å². The van der Waals surface area contributed by atoms with Crippen LogP contribution in [0.15, 0.2) is 42.2 Å². The quantitative estimate of drug-likeness (QED) is 0.815. The largest absolute Gasteiger partial charge is 0.507 e. The number of allylic oxidation sites excluding steroid dienone is 1. The van der Waals surface area contributed by atoms with Crippen LogP contribution >= 0.6 is 0 Å². The van der Waals surface area contributed by atoms with Crippen LogP contribution in [0, 0.1) is 0 Å². The number of fused-ring (bicyclic) bond motifs is 1. The Balaban J connectivity index is 1.61. The number of phenolic OH excluding ortho intramolecular Hbond substituents is 1. The van der Waals surface area contributed by atoms with E-state index in [1.54, 1.807) is 18.2 Å². The predicted octanol–water partition coefficient (Wildman–Crippen LogP) is 3.96. The summed E-state index contributed by atoms with van der Waals surface area (Å²) in [6, 6.07) is 11.3. The molecule has 5 heteroatoms. The molecule has 5 nitrogen and oxygen atoms in total. The molecule has 0 radical (unpaired) electrons. The molecule has 0 spiro atoms. The first-order valence-electron chi connectivity index (χ1n) is 9.72. The molecule has 2 heterocycles. The van der Waals surface area contributed by atoms with Crippen molar-refractivity contribution in [2.45, 2.75) is 26.3 Å². The molecular formula is C23H25NO4. The maximum atomic E-state index is 12.8. The van der Waals surface area contributed by atoms with E-state index in [1.807, 2.05) is 12.1 Å². The molecule has 0 bridgehead atoms. The minimum Gasteiger partial charge on any atom is -0.507 e. The van der Waals surface area contributed by atoms with E-state index in [0.29, 0.717) is 48.3 Å². The predicted molar refractivity (Wildman–Crippen MR) is 108 cm³/mol. The summed E-state index contributed by atoms with van der Waals surface area (Å²) < 4.78 is 11.3. The second kappa shape index (κ2) is 7.78. The molecule has 0 unspecified atom stereocenters. The average molecular weight is 379 g/mol. The molecule has 0 atom stereocenters. The summed E-state index contributed by atoms with van der Waals surface area (Å²) >= 11 is 0. The lowest BCUT2D eigenvalue weighted by Crippen LogP contribution is -2.35. The van der Waals surface area contributed by atoms with Gasteiger partial charge in [-0.05, 0) is 35.3 Å². The van der Waals surface area contributed by atoms with E-state index in [-0.39, 0.29) is 11.5 Å². The monoisotopic (exact) mass is 379 g/mol. The van der Waals surface area contributed by atoms with Gasteiger partial charge in [0.05, 0.1) is 24.3 Å². The van der Waals surface area contributed by atoms with Crippen molar-refractivity contribution in [3.63, 3.8) is 0 Å². The maximum Gasteiger partial charge on any atom is 0.231 e. The molecule has 0 amide bonds. The zero-order valence-electron chi connectivity index (χ0n) is 16.3. The van der Waals surface area contributed by atoms with Gasteiger partial charge in [-0.15, -0.1) is 0 Å². The number of carbonyl (C=O) groups excluding carboxylic acids is 1. The van der Waals surface area contributed by atoms with Gasteiger partial charge < -0.3 is 14.6 Å². The Bertz CT molecular complexity index is 909. The van der Waals surface area contributed by atoms with Crippen molar-refractivity contribution >= 4 is 11.9 Å². The molecule has 1 saturated heterocycles. The zero-order chi connectivity index (χ0) is 19.7. The second-order valence-electron chi connectivity index (χ2n) is 7.59. The van der Waals surface area contributed by atoms with Crippen LogP contribution in [0.4, 0.5) is 0 Å². The lowest BCUT2D eigenvalue weighted by Gasteiger charge is -2.27. The number of carbonyl (C=O) groups is 1. The van der Waals surface area contributed by atoms with E-state index in [0.717, 1.165) is 18.7 Å². The van der Waals surface area contributed by atoms with Crippen LogP contribution in [0.5, 0.6) is 11.5 Å². The minimum absolute atomic E-state index is 0.147. The van der Waals surface area contributed by atoms with E-state index in [4.69, 9.17) is 9.47 Å². The van der Waals surface area contributed by atoms with Crippen LogP contribution in [0.2, 0.25) is 0 Å². The van der Waals surface area contributed by atoms with Gasteiger partial charge in [-0.25, -0.2) is 0 Å². The first kappa shape index (κ1) is 18.7. The summed E-state index contributed by atoms with van der Waals surface area (Å²) in [5.41, 5.74) is 3.33. The van der Waals surface area contributed by atoms with Gasteiger partial charge >= 0.3 is 0 Å². The number of ketones is 1. The summed E-state index contributed by atoms with van der Waals surface area (Å²) in [5, 5.41) is 10.4. The SMILES string of the molecule is CC(C)c1ccc(C=C2Oc3c(ccc(O)c3CN3CCOCC3)C2=O)cc1. The average Bonchev–Trinajstić information content (AvgIpc) is 3.01. The van der Waals surface area contributed by atoms with Crippen molar-refractivity contribution in [3.8, 4) is 11.5 Å². The van der Waals surface area contributed by atoms with Gasteiger partial charge in [0.15, 0.2) is 5.76 Å². The number of Topliss-reactive ketones (excluding diaryl/α,β-unsaturated/α-hetero) is 1. The number of rotatable bonds is 4. The molecular weight excluding hydrogens is 354 g/mol. The van der Waals surface area contributed by atoms with Crippen LogP contribution in [0.3, 0.4) is 0 Å². The number of hydrogen-bond acceptors (Lipinski definition) is 5. The Kier molecular flexibility index (Phi) is 5.20. The molecule has 0 saturated carbocycles. The van der Waals surface area contributed by atoms with Crippen LogP contribution < -0.4 is 4.74 Å². The number of ether oxygens (including phenoxy) is 2. The van der Waals surface area contributed by atoms with E-state index in [9.17, 15) is 9.90 Å². The molecule has 4 rings (SSSR count). The number of nitrogens with zero attached hydrogens (tertiary/aromatic N) is 1. The topological polar surface area (TPSA) is 59.0 Å². The van der Waals surface area contributed by atoms with Crippen LogP contribution in [0.1, 0.15) is 46.8 Å². The van der Waals surface area contributed by atoms with E-state index < -0.39 is 0 Å². The number of morpholine rings is 1. The van der Waals surface area contributed by atoms with Gasteiger partial charge in [-0.1, -0.05) is 38.1 Å². The van der Waals surface area contributed by atoms with Crippen molar-refractivity contribution in [2.24, 2.45) is 0 Å². The van der Waals surface area contributed by atoms with Gasteiger partial charge in [0.1, 0.15) is 11.5 Å². The van der Waals surface area contributed by atoms with Gasteiger partial charge in [0, 0.05) is 19.6 Å². The third kappa shape index (κ3) is 3.68. The second-order valence-corrected chi connectivity index (χ2v) is 7.59. The molecule has 28 heavy (non-hydrogen) atoms. The number of phenols is 1. The summed E-state index contributed by atoms with van der Waals surface area (Å²) in [6.45, 7) is 7.76. The fourth-order valence-electron chi connectivity index (χ4n) is 3.56. The highest BCUT2D eigenvalue weighted by Gasteiger charge is 2.31. The summed E-state index contributed by atoms with van der Waals surface area (Å²) in [7, 11) is 0. The summed E-state index contributed by atoms with van der Waals surface area (Å²) in [5.74, 6) is 1.23. The molecule has 1 fully saturated rings. The normalized spacial score (nSPS) is 18.5. The fraction of sp³-hybridized carbons (Fsp3) is 0.348. The smallest absolute Gasteiger partial charge is 0.231 e. The third-order valence-corrected chi connectivity index (χ3v) is 5.30. The third-order valence-electron chi connectivity index (χ3n) is 5.30. The molecule has 2 aliphatic rings. The van der Waals surface area contributed by atoms with E-state index >= 15 is 0 Å². The molecule has 0 aliphatic carbocycles. The van der Waals surface area contributed by atoms with E-state index in [2.05, 4.69) is 30.9 Å². The van der Waals surface area contributed by atoms with Gasteiger partial charge in [-0.2, -0.15) is 0 Å². The summed E-state index contributed by atoms with van der Waals surface area (Å²) in [6.07, 6.45) is 1.77. The van der Waals surface area contributed by atoms with Crippen LogP contribution in [-0.2, 0) is 11.3 Å². The van der Waals surface area contributed by atoms with Crippen molar-refractivity contribution in [1.29, 1.82) is 0 Å². The number of hydrogen-bond donors (Lipinski definition) is 1. The summed E-state index contributed by atoms with van der Waals surface area (Å²) in [4.78, 5) is 15.0. The minimum atomic E-state index is -0.147. The van der Waals surface area contributed by atoms with Gasteiger partial charge in [0.2, 0.25) is 5.78 Å². The van der Waals surface area contributed by atoms with Crippen LogP contribution in [0.25, 0.3) is 6.08 Å². The molecule has 2 aliphatic heterocycles. The van der Waals surface area contributed by atoms with Crippen LogP contribution in [-0.4, -0.2) is 42.1 Å². The Hall–Kier alpha value is -2.63. The van der Waals surface area contributed by atoms with Crippen molar-refractivity contribution in [3.05, 3.63) is 64.4 Å². The van der Waals surface area contributed by atoms with Crippen molar-refractivity contribution in [1.82, 2.24) is 4.90 Å². The van der Waals surface area contributed by atoms with Gasteiger partial charge in [-0.3, -0.25) is 9.69 Å². The highest BCUT2D eigenvalue weighted by Crippen LogP contribution is 2.40. The number of benzene rings is 2. The lowest BCUT2D eigenvalue weighted by molar-refractivity contribution is 0.0336. The highest BCUT2D eigenvalue weighted by atomic mass is 16.5. The zero-order valence-corrected chi connectivity index (χ0v) is 16.3. The number of aromatic hydroxyl groups is 1. The highest BCUT2D eigenvalue weighted by molar-refractivity contribution is 6.15. The standard InChI is InChI=1S/C23H25NO4/c1-15(2)17-5-3-16(4-6-17)13-21-22(26)18-7-8-20(25)19(23(18)28-21)14-24-9-11-27-12-10-24/h3-8,13,15,25H,9-12,14H2,1-2H3. The lowest BCUT2D eigenvalue weighted by atomic mass is 10.0. The molecule has 146 valence electrons. The van der Waals surface area contributed by atoms with Gasteiger partial charge in [0.25, 0.3) is 0 Å². The Morgan fingerprint density at radius 2 is 1.82 bits per heavy atom. The fourth-order valence-corrected chi connectivity index (χ4v) is 3.56. The molecule has 2 aromatic rings. The molecule has 2 aromatic carbocycles. The molecule has 0 aromatic heterocycles. The first-order chi connectivity index (χ1) is 13.5. The maximum absolute atomic E-state index is 12.8. The van der Waals surface area contributed by atoms with Crippen molar-refractivity contribution < 1.29 is 19.4 Å². The van der Waals surface area contributed by atoms with E-state index in [1.165, 1.54) is 5.56 Å². The first-order valence-corrected chi connectivity index (χ1v) is 9.72. The Morgan fingerprint density at radius 1 is 1.11 bits per heavy atom. The molecule has 1 N–H and O–H groups in total. The Morgan fingerprint density at radius 3 is 2.50 bits per heavy atom. The Labute approximate surface area is 165 Å².